The molecule has 2 aromatic rings. The van der Waals surface area contributed by atoms with Gasteiger partial charge in [-0.15, -0.1) is 0 Å². The largest absolute Gasteiger partial charge is 0.388 e. The Bertz CT molecular complexity index is 748. The summed E-state index contributed by atoms with van der Waals surface area (Å²) in [6, 6.07) is 16.9. The Kier molecular flexibility index (Phi) is 3.70. The second kappa shape index (κ2) is 5.81. The summed E-state index contributed by atoms with van der Waals surface area (Å²) in [5.74, 6) is -0.207. The minimum atomic E-state index is -0.207. The Morgan fingerprint density at radius 2 is 1.73 bits per heavy atom. The van der Waals surface area contributed by atoms with Crippen LogP contribution in [0.15, 0.2) is 64.7 Å². The molecule has 0 saturated carbocycles. The number of para-hydroxylation sites is 1. The van der Waals surface area contributed by atoms with Crippen molar-refractivity contribution in [1.29, 1.82) is 0 Å². The van der Waals surface area contributed by atoms with E-state index >= 15 is 0 Å². The van der Waals surface area contributed by atoms with Crippen molar-refractivity contribution in [3.63, 3.8) is 0 Å². The summed E-state index contributed by atoms with van der Waals surface area (Å²) in [4.78, 5) is 17.0. The van der Waals surface area contributed by atoms with Gasteiger partial charge in [0.2, 0.25) is 0 Å². The lowest BCUT2D eigenvalue weighted by molar-refractivity contribution is -0.112. The zero-order valence-electron chi connectivity index (χ0n) is 12.4. The number of nitrogens with one attached hydrogen (secondary N) is 1. The number of anilines is 2. The first kappa shape index (κ1) is 14.0. The summed E-state index contributed by atoms with van der Waals surface area (Å²) in [6.07, 6.45) is 0. The van der Waals surface area contributed by atoms with Gasteiger partial charge in [-0.2, -0.15) is 10.1 Å². The number of aliphatic imine (C=N–C) groups is 1. The van der Waals surface area contributed by atoms with Crippen molar-refractivity contribution in [1.82, 2.24) is 0 Å². The summed E-state index contributed by atoms with van der Waals surface area (Å²) in [7, 11) is 1.86. The Labute approximate surface area is 129 Å². The van der Waals surface area contributed by atoms with Crippen LogP contribution in [0.3, 0.4) is 0 Å². The van der Waals surface area contributed by atoms with Crippen LogP contribution in [-0.4, -0.2) is 24.4 Å². The van der Waals surface area contributed by atoms with Crippen LogP contribution in [-0.2, 0) is 4.79 Å². The SMILES string of the molecule is CNc1ccc(N=C2C(=O)N(c3ccccc3)N=C2C)cc1. The van der Waals surface area contributed by atoms with Crippen LogP contribution in [0.1, 0.15) is 6.92 Å². The number of hydrogen-bond donors (Lipinski definition) is 1. The molecule has 3 rings (SSSR count). The zero-order chi connectivity index (χ0) is 15.5. The van der Waals surface area contributed by atoms with Crippen molar-refractivity contribution in [2.75, 3.05) is 17.4 Å². The van der Waals surface area contributed by atoms with Crippen molar-refractivity contribution >= 4 is 34.4 Å². The maximum Gasteiger partial charge on any atom is 0.299 e. The summed E-state index contributed by atoms with van der Waals surface area (Å²) in [5, 5.41) is 8.74. The molecule has 0 atom stereocenters. The maximum absolute atomic E-state index is 12.5. The van der Waals surface area contributed by atoms with Crippen molar-refractivity contribution in [3.8, 4) is 0 Å². The van der Waals surface area contributed by atoms with Gasteiger partial charge in [0.25, 0.3) is 5.91 Å². The fourth-order valence-electron chi connectivity index (χ4n) is 2.20. The Hall–Kier alpha value is -2.95. The van der Waals surface area contributed by atoms with Crippen LogP contribution in [0, 0.1) is 0 Å². The lowest BCUT2D eigenvalue weighted by atomic mass is 10.2. The molecule has 1 heterocycles. The van der Waals surface area contributed by atoms with Crippen LogP contribution in [0.4, 0.5) is 17.1 Å². The standard InChI is InChI=1S/C17H16N4O/c1-12-16(19-14-10-8-13(18-2)9-11-14)17(22)21(20-12)15-6-4-3-5-7-15/h3-11,18H,1-2H3. The topological polar surface area (TPSA) is 57.1 Å². The van der Waals surface area contributed by atoms with E-state index in [1.165, 1.54) is 5.01 Å². The smallest absolute Gasteiger partial charge is 0.299 e. The van der Waals surface area contributed by atoms with Crippen LogP contribution in [0.2, 0.25) is 0 Å². The van der Waals surface area contributed by atoms with Crippen LogP contribution < -0.4 is 10.3 Å². The fourth-order valence-corrected chi connectivity index (χ4v) is 2.20. The number of carbonyl (C=O) groups is 1. The first-order chi connectivity index (χ1) is 10.7. The minimum absolute atomic E-state index is 0.207. The lowest BCUT2D eigenvalue weighted by Crippen LogP contribution is -2.26. The molecule has 0 aliphatic carbocycles. The van der Waals surface area contributed by atoms with E-state index in [0.717, 1.165) is 17.1 Å². The minimum Gasteiger partial charge on any atom is -0.388 e. The number of rotatable bonds is 3. The summed E-state index contributed by atoms with van der Waals surface area (Å²) >= 11 is 0. The third-order valence-electron chi connectivity index (χ3n) is 3.39. The molecule has 2 aromatic carbocycles. The Morgan fingerprint density at radius 3 is 2.36 bits per heavy atom. The van der Waals surface area contributed by atoms with Crippen LogP contribution in [0.25, 0.3) is 0 Å². The zero-order valence-corrected chi connectivity index (χ0v) is 12.4. The van der Waals surface area contributed by atoms with Gasteiger partial charge in [0.15, 0.2) is 5.71 Å². The second-order valence-corrected chi connectivity index (χ2v) is 4.90. The van der Waals surface area contributed by atoms with Gasteiger partial charge in [-0.05, 0) is 43.3 Å². The monoisotopic (exact) mass is 292 g/mol. The number of hydrogen-bond acceptors (Lipinski definition) is 4. The molecule has 110 valence electrons. The third kappa shape index (κ3) is 2.61. The summed E-state index contributed by atoms with van der Waals surface area (Å²) < 4.78 is 0. The summed E-state index contributed by atoms with van der Waals surface area (Å²) in [6.45, 7) is 1.79. The molecule has 0 spiro atoms. The maximum atomic E-state index is 12.5. The Balaban J connectivity index is 1.90. The van der Waals surface area contributed by atoms with Gasteiger partial charge in [-0.25, -0.2) is 4.99 Å². The van der Waals surface area contributed by atoms with Crippen LogP contribution >= 0.6 is 0 Å². The molecule has 22 heavy (non-hydrogen) atoms. The molecular formula is C17H16N4O. The van der Waals surface area contributed by atoms with Crippen LogP contribution in [0.5, 0.6) is 0 Å². The molecule has 1 aliphatic heterocycles. The molecule has 0 bridgehead atoms. The fraction of sp³-hybridized carbons (Fsp3) is 0.118. The normalized spacial score (nSPS) is 16.1. The first-order valence-corrected chi connectivity index (χ1v) is 7.00. The molecular weight excluding hydrogens is 276 g/mol. The van der Waals surface area contributed by atoms with Crippen molar-refractivity contribution < 1.29 is 4.79 Å². The highest BCUT2D eigenvalue weighted by Crippen LogP contribution is 2.22. The molecule has 1 N–H and O–H groups in total. The van der Waals surface area contributed by atoms with Gasteiger partial charge in [-0.3, -0.25) is 4.79 Å². The van der Waals surface area contributed by atoms with E-state index in [0.29, 0.717) is 11.4 Å². The summed E-state index contributed by atoms with van der Waals surface area (Å²) in [5.41, 5.74) is 3.46. The number of hydrazone groups is 1. The van der Waals surface area contributed by atoms with Gasteiger partial charge in [0.05, 0.1) is 17.1 Å². The predicted octanol–water partition coefficient (Wildman–Crippen LogP) is 3.22. The third-order valence-corrected chi connectivity index (χ3v) is 3.39. The molecule has 1 amide bonds. The van der Waals surface area contributed by atoms with Crippen molar-refractivity contribution in [2.45, 2.75) is 6.92 Å². The van der Waals surface area contributed by atoms with E-state index in [9.17, 15) is 4.79 Å². The van der Waals surface area contributed by atoms with Gasteiger partial charge in [0, 0.05) is 12.7 Å². The highest BCUT2D eigenvalue weighted by Gasteiger charge is 2.30. The first-order valence-electron chi connectivity index (χ1n) is 7.00. The van der Waals surface area contributed by atoms with E-state index in [1.54, 1.807) is 6.92 Å². The Morgan fingerprint density at radius 1 is 1.05 bits per heavy atom. The predicted molar refractivity (Wildman–Crippen MR) is 90.1 cm³/mol. The van der Waals surface area contributed by atoms with Gasteiger partial charge in [-0.1, -0.05) is 18.2 Å². The molecule has 0 aromatic heterocycles. The van der Waals surface area contributed by atoms with E-state index in [-0.39, 0.29) is 5.91 Å². The van der Waals surface area contributed by atoms with Gasteiger partial charge in [0.1, 0.15) is 0 Å². The highest BCUT2D eigenvalue weighted by molar-refractivity contribution is 6.71. The van der Waals surface area contributed by atoms with E-state index in [1.807, 2.05) is 61.6 Å². The lowest BCUT2D eigenvalue weighted by Gasteiger charge is -2.10. The molecule has 1 aliphatic rings. The molecule has 0 unspecified atom stereocenters. The van der Waals surface area contributed by atoms with Crippen molar-refractivity contribution in [2.24, 2.45) is 10.1 Å². The molecule has 0 saturated heterocycles. The number of benzene rings is 2. The van der Waals surface area contributed by atoms with E-state index in [2.05, 4.69) is 15.4 Å². The average molecular weight is 292 g/mol. The highest BCUT2D eigenvalue weighted by atomic mass is 16.2. The quantitative estimate of drug-likeness (QED) is 0.944. The molecule has 5 heteroatoms. The van der Waals surface area contributed by atoms with Gasteiger partial charge >= 0.3 is 0 Å². The second-order valence-electron chi connectivity index (χ2n) is 4.90. The molecule has 0 radical (unpaired) electrons. The van der Waals surface area contributed by atoms with E-state index in [4.69, 9.17) is 0 Å². The van der Waals surface area contributed by atoms with Crippen molar-refractivity contribution in [3.05, 3.63) is 54.6 Å². The van der Waals surface area contributed by atoms with E-state index < -0.39 is 0 Å². The number of amides is 1. The number of carbonyl (C=O) groups excluding carboxylic acids is 1. The molecule has 5 nitrogen and oxygen atoms in total. The van der Waals surface area contributed by atoms with Gasteiger partial charge < -0.3 is 5.32 Å². The average Bonchev–Trinajstić information content (AvgIpc) is 2.84. The number of nitrogens with zero attached hydrogens (tertiary/aromatic N) is 3. The molecule has 0 fully saturated rings.